The predicted octanol–water partition coefficient (Wildman–Crippen LogP) is 1.58. The van der Waals surface area contributed by atoms with Crippen LogP contribution in [-0.4, -0.2) is 19.1 Å². The third kappa shape index (κ3) is 3.23. The Bertz CT molecular complexity index is 515. The van der Waals surface area contributed by atoms with Crippen LogP contribution < -0.4 is 0 Å². The predicted molar refractivity (Wildman–Crippen MR) is 51.7 cm³/mol. The average Bonchev–Trinajstić information content (AvgIpc) is 2.14. The van der Waals surface area contributed by atoms with Gasteiger partial charge in [0.1, 0.15) is 0 Å². The van der Waals surface area contributed by atoms with Crippen LogP contribution in [0.25, 0.3) is 0 Å². The van der Waals surface area contributed by atoms with Gasteiger partial charge >= 0.3 is 15.9 Å². The lowest BCUT2D eigenvalue weighted by Crippen LogP contribution is -2.05. The minimum Gasteiger partial charge on any atom is -0.258 e. The molecule has 0 fully saturated rings. The molecule has 0 aromatic heterocycles. The number of aryl methyl sites for hydroxylation is 1. The van der Waals surface area contributed by atoms with Gasteiger partial charge in [-0.15, -0.1) is 3.89 Å². The van der Waals surface area contributed by atoms with Gasteiger partial charge in [-0.1, -0.05) is 12.1 Å². The molecule has 0 aliphatic heterocycles. The number of rotatable bonds is 4. The van der Waals surface area contributed by atoms with Crippen molar-refractivity contribution in [1.82, 2.24) is 0 Å². The van der Waals surface area contributed by atoms with Gasteiger partial charge in [0.25, 0.3) is 0 Å². The zero-order chi connectivity index (χ0) is 12.3. The lowest BCUT2D eigenvalue weighted by Gasteiger charge is -2.01. The number of nitro groups is 1. The van der Waals surface area contributed by atoms with E-state index < -0.39 is 38.8 Å². The van der Waals surface area contributed by atoms with Crippen molar-refractivity contribution in [3.63, 3.8) is 0 Å². The van der Waals surface area contributed by atoms with Gasteiger partial charge in [-0.25, -0.2) is 0 Å². The average molecular weight is 251 g/mol. The molecule has 0 bridgehead atoms. The molecule has 0 spiro atoms. The molecule has 1 aromatic carbocycles. The molecular weight excluding hydrogens is 244 g/mol. The van der Waals surface area contributed by atoms with Gasteiger partial charge in [0.2, 0.25) is 5.82 Å². The van der Waals surface area contributed by atoms with Crippen LogP contribution in [0, 0.1) is 15.9 Å². The number of halogens is 2. The molecule has 1 rings (SSSR count). The Morgan fingerprint density at radius 3 is 2.50 bits per heavy atom. The van der Waals surface area contributed by atoms with Crippen LogP contribution in [-0.2, 0) is 16.6 Å². The Kier molecular flexibility index (Phi) is 3.53. The minimum absolute atomic E-state index is 0.199. The molecule has 0 atom stereocenters. The second-order valence-corrected chi connectivity index (χ2v) is 4.49. The molecule has 0 unspecified atom stereocenters. The fourth-order valence-corrected chi connectivity index (χ4v) is 1.60. The summed E-state index contributed by atoms with van der Waals surface area (Å²) in [5.74, 6) is -2.03. The quantitative estimate of drug-likeness (QED) is 0.462. The van der Waals surface area contributed by atoms with Crippen LogP contribution in [0.1, 0.15) is 5.56 Å². The first-order valence-electron chi connectivity index (χ1n) is 4.15. The van der Waals surface area contributed by atoms with E-state index in [9.17, 15) is 26.8 Å². The van der Waals surface area contributed by atoms with Crippen LogP contribution in [0.4, 0.5) is 14.0 Å². The normalized spacial score (nSPS) is 11.4. The van der Waals surface area contributed by atoms with Crippen LogP contribution in [0.2, 0.25) is 0 Å². The summed E-state index contributed by atoms with van der Waals surface area (Å²) in [5.41, 5.74) is -0.954. The summed E-state index contributed by atoms with van der Waals surface area (Å²) in [6, 6.07) is 3.33. The maximum atomic E-state index is 13.3. The molecule has 0 aliphatic carbocycles. The second-order valence-electron chi connectivity index (χ2n) is 3.00. The molecule has 0 aliphatic rings. The van der Waals surface area contributed by atoms with Crippen LogP contribution in [0.5, 0.6) is 0 Å². The summed E-state index contributed by atoms with van der Waals surface area (Å²) in [5, 5.41) is 10.3. The molecule has 5 nitrogen and oxygen atoms in total. The fraction of sp³-hybridized carbons (Fsp3) is 0.250. The van der Waals surface area contributed by atoms with E-state index in [0.717, 1.165) is 6.07 Å². The summed E-state index contributed by atoms with van der Waals surface area (Å²) in [6.45, 7) is 0. The zero-order valence-electron chi connectivity index (χ0n) is 7.89. The van der Waals surface area contributed by atoms with E-state index in [1.165, 1.54) is 12.1 Å². The Morgan fingerprint density at radius 2 is 2.00 bits per heavy atom. The molecule has 8 heteroatoms. The van der Waals surface area contributed by atoms with Crippen molar-refractivity contribution in [3.8, 4) is 0 Å². The molecule has 16 heavy (non-hydrogen) atoms. The lowest BCUT2D eigenvalue weighted by molar-refractivity contribution is -0.387. The van der Waals surface area contributed by atoms with E-state index in [1.54, 1.807) is 0 Å². The van der Waals surface area contributed by atoms with Crippen molar-refractivity contribution in [2.45, 2.75) is 6.42 Å². The third-order valence-corrected chi connectivity index (χ3v) is 2.56. The SMILES string of the molecule is O=[N+]([O-])c1cccc(CCS(=O)(=O)F)c1F. The van der Waals surface area contributed by atoms with Crippen molar-refractivity contribution < 1.29 is 21.6 Å². The summed E-state index contributed by atoms with van der Waals surface area (Å²) >= 11 is 0. The Labute approximate surface area is 90.1 Å². The lowest BCUT2D eigenvalue weighted by atomic mass is 10.1. The number of hydrogen-bond donors (Lipinski definition) is 0. The fourth-order valence-electron chi connectivity index (χ4n) is 1.13. The first-order valence-corrected chi connectivity index (χ1v) is 5.70. The summed E-state index contributed by atoms with van der Waals surface area (Å²) in [4.78, 5) is 9.42. The molecule has 88 valence electrons. The maximum Gasteiger partial charge on any atom is 0.305 e. The van der Waals surface area contributed by atoms with Gasteiger partial charge in [0.15, 0.2) is 0 Å². The highest BCUT2D eigenvalue weighted by Crippen LogP contribution is 2.20. The minimum atomic E-state index is -4.71. The zero-order valence-corrected chi connectivity index (χ0v) is 8.71. The Hall–Kier alpha value is -1.57. The first-order chi connectivity index (χ1) is 7.31. The largest absolute Gasteiger partial charge is 0.305 e. The molecule has 0 N–H and O–H groups in total. The highest BCUT2D eigenvalue weighted by Gasteiger charge is 2.18. The highest BCUT2D eigenvalue weighted by molar-refractivity contribution is 7.86. The Morgan fingerprint density at radius 1 is 1.38 bits per heavy atom. The summed E-state index contributed by atoms with van der Waals surface area (Å²) in [7, 11) is -4.71. The number of nitro benzene ring substituents is 1. The van der Waals surface area contributed by atoms with Gasteiger partial charge in [-0.05, 0) is 12.0 Å². The van der Waals surface area contributed by atoms with Gasteiger partial charge < -0.3 is 0 Å². The van der Waals surface area contributed by atoms with Gasteiger partial charge in [-0.3, -0.25) is 10.1 Å². The van der Waals surface area contributed by atoms with E-state index in [0.29, 0.717) is 0 Å². The van der Waals surface area contributed by atoms with Crippen molar-refractivity contribution in [3.05, 3.63) is 39.7 Å². The number of nitrogens with zero attached hydrogens (tertiary/aromatic N) is 1. The number of benzene rings is 1. The maximum absolute atomic E-state index is 13.3. The van der Waals surface area contributed by atoms with Gasteiger partial charge in [0.05, 0.1) is 10.7 Å². The van der Waals surface area contributed by atoms with Crippen molar-refractivity contribution in [2.24, 2.45) is 0 Å². The van der Waals surface area contributed by atoms with Crippen molar-refractivity contribution >= 4 is 15.9 Å². The van der Waals surface area contributed by atoms with Crippen LogP contribution in [0.3, 0.4) is 0 Å². The van der Waals surface area contributed by atoms with Crippen molar-refractivity contribution in [2.75, 3.05) is 5.75 Å². The molecule has 0 heterocycles. The van der Waals surface area contributed by atoms with E-state index >= 15 is 0 Å². The smallest absolute Gasteiger partial charge is 0.258 e. The standard InChI is InChI=1S/C8H7F2NO4S/c9-8-6(4-5-16(10,14)15)2-1-3-7(8)11(12)13/h1-3H,4-5H2. The molecule has 0 saturated carbocycles. The summed E-state index contributed by atoms with van der Waals surface area (Å²) < 4.78 is 45.9. The van der Waals surface area contributed by atoms with Gasteiger partial charge in [-0.2, -0.15) is 12.8 Å². The topological polar surface area (TPSA) is 77.3 Å². The summed E-state index contributed by atoms with van der Waals surface area (Å²) in [6.07, 6.45) is -0.438. The second kappa shape index (κ2) is 4.52. The molecule has 0 amide bonds. The monoisotopic (exact) mass is 251 g/mol. The highest BCUT2D eigenvalue weighted by atomic mass is 32.3. The Balaban J connectivity index is 2.98. The van der Waals surface area contributed by atoms with E-state index in [2.05, 4.69) is 0 Å². The third-order valence-electron chi connectivity index (χ3n) is 1.87. The first kappa shape index (κ1) is 12.5. The van der Waals surface area contributed by atoms with E-state index in [-0.39, 0.29) is 5.56 Å². The molecular formula is C8H7F2NO4S. The molecule has 0 saturated heterocycles. The van der Waals surface area contributed by atoms with E-state index in [4.69, 9.17) is 0 Å². The molecule has 1 aromatic rings. The van der Waals surface area contributed by atoms with Crippen LogP contribution >= 0.6 is 0 Å². The van der Waals surface area contributed by atoms with Crippen LogP contribution in [0.15, 0.2) is 18.2 Å². The number of hydrogen-bond acceptors (Lipinski definition) is 4. The van der Waals surface area contributed by atoms with E-state index in [1.807, 2.05) is 0 Å². The molecule has 0 radical (unpaired) electrons. The van der Waals surface area contributed by atoms with Crippen molar-refractivity contribution in [1.29, 1.82) is 0 Å². The van der Waals surface area contributed by atoms with Gasteiger partial charge in [0, 0.05) is 6.07 Å².